The van der Waals surface area contributed by atoms with Gasteiger partial charge >= 0.3 is 10.2 Å². The van der Waals surface area contributed by atoms with Crippen LogP contribution in [0, 0.1) is 11.3 Å². The SMILES string of the molecule is CCNS(=O)(=O)N1CCC2=CC(C(C)(C)C)CC=C21. The van der Waals surface area contributed by atoms with Crippen LogP contribution in [0.5, 0.6) is 0 Å². The molecule has 0 aromatic carbocycles. The zero-order valence-electron chi connectivity index (χ0n) is 12.2. The molecule has 1 N–H and O–H groups in total. The van der Waals surface area contributed by atoms with Crippen molar-refractivity contribution in [3.63, 3.8) is 0 Å². The molecule has 108 valence electrons. The molecule has 0 amide bonds. The van der Waals surface area contributed by atoms with Gasteiger partial charge in [0.05, 0.1) is 5.70 Å². The highest BCUT2D eigenvalue weighted by atomic mass is 32.2. The van der Waals surface area contributed by atoms with Gasteiger partial charge in [-0.25, -0.2) is 0 Å². The zero-order chi connectivity index (χ0) is 14.3. The summed E-state index contributed by atoms with van der Waals surface area (Å²) in [6, 6.07) is 0. The highest BCUT2D eigenvalue weighted by Gasteiger charge is 2.35. The molecule has 2 rings (SSSR count). The first kappa shape index (κ1) is 14.6. The van der Waals surface area contributed by atoms with Crippen LogP contribution in [0.4, 0.5) is 0 Å². The molecule has 19 heavy (non-hydrogen) atoms. The van der Waals surface area contributed by atoms with E-state index < -0.39 is 10.2 Å². The third kappa shape index (κ3) is 2.87. The molecule has 4 nitrogen and oxygen atoms in total. The van der Waals surface area contributed by atoms with Crippen molar-refractivity contribution >= 4 is 10.2 Å². The molecule has 0 aromatic heterocycles. The van der Waals surface area contributed by atoms with Gasteiger partial charge in [0.25, 0.3) is 0 Å². The number of rotatable bonds is 3. The van der Waals surface area contributed by atoms with E-state index in [1.165, 1.54) is 9.88 Å². The van der Waals surface area contributed by atoms with Gasteiger partial charge < -0.3 is 0 Å². The Kier molecular flexibility index (Phi) is 3.80. The van der Waals surface area contributed by atoms with Gasteiger partial charge in [-0.05, 0) is 29.7 Å². The lowest BCUT2D eigenvalue weighted by molar-refractivity contribution is 0.291. The van der Waals surface area contributed by atoms with Gasteiger partial charge in [-0.3, -0.25) is 4.31 Å². The molecular formula is C14H24N2O2S. The zero-order valence-corrected chi connectivity index (χ0v) is 13.0. The average molecular weight is 284 g/mol. The van der Waals surface area contributed by atoms with Crippen molar-refractivity contribution in [2.45, 2.75) is 40.5 Å². The van der Waals surface area contributed by atoms with Gasteiger partial charge in [-0.15, -0.1) is 0 Å². The van der Waals surface area contributed by atoms with Crippen molar-refractivity contribution in [2.75, 3.05) is 13.1 Å². The second kappa shape index (κ2) is 4.94. The van der Waals surface area contributed by atoms with Gasteiger partial charge in [0, 0.05) is 13.1 Å². The highest BCUT2D eigenvalue weighted by Crippen LogP contribution is 2.40. The number of nitrogens with zero attached hydrogens (tertiary/aromatic N) is 1. The van der Waals surface area contributed by atoms with E-state index in [9.17, 15) is 8.42 Å². The molecule has 1 aliphatic heterocycles. The summed E-state index contributed by atoms with van der Waals surface area (Å²) in [5.41, 5.74) is 2.30. The fraction of sp³-hybridized carbons (Fsp3) is 0.714. The summed E-state index contributed by atoms with van der Waals surface area (Å²) >= 11 is 0. The largest absolute Gasteiger partial charge is 0.301 e. The van der Waals surface area contributed by atoms with E-state index in [-0.39, 0.29) is 5.41 Å². The maximum atomic E-state index is 12.1. The summed E-state index contributed by atoms with van der Waals surface area (Å²) in [6.45, 7) is 9.48. The van der Waals surface area contributed by atoms with E-state index >= 15 is 0 Å². The van der Waals surface area contributed by atoms with Crippen LogP contribution in [0.15, 0.2) is 23.4 Å². The van der Waals surface area contributed by atoms with Crippen molar-refractivity contribution in [1.82, 2.24) is 9.03 Å². The van der Waals surface area contributed by atoms with Crippen LogP contribution in [-0.4, -0.2) is 25.8 Å². The van der Waals surface area contributed by atoms with E-state index in [1.807, 2.05) is 0 Å². The Bertz CT molecular complexity index is 512. The van der Waals surface area contributed by atoms with E-state index in [0.717, 1.165) is 18.5 Å². The monoisotopic (exact) mass is 284 g/mol. The molecule has 0 radical (unpaired) electrons. The summed E-state index contributed by atoms with van der Waals surface area (Å²) in [7, 11) is -3.36. The van der Waals surface area contributed by atoms with Crippen LogP contribution >= 0.6 is 0 Å². The molecular weight excluding hydrogens is 260 g/mol. The molecule has 1 saturated heterocycles. The summed E-state index contributed by atoms with van der Waals surface area (Å²) in [6.07, 6.45) is 6.10. The van der Waals surface area contributed by atoms with E-state index in [2.05, 4.69) is 37.6 Å². The molecule has 5 heteroatoms. The van der Waals surface area contributed by atoms with Crippen molar-refractivity contribution in [1.29, 1.82) is 0 Å². The number of nitrogens with one attached hydrogen (secondary N) is 1. The fourth-order valence-electron chi connectivity index (χ4n) is 2.70. The van der Waals surface area contributed by atoms with E-state index in [0.29, 0.717) is 19.0 Å². The Morgan fingerprint density at radius 2 is 2.11 bits per heavy atom. The lowest BCUT2D eigenvalue weighted by atomic mass is 9.75. The van der Waals surface area contributed by atoms with Crippen molar-refractivity contribution in [2.24, 2.45) is 11.3 Å². The van der Waals surface area contributed by atoms with Crippen LogP contribution in [0.2, 0.25) is 0 Å². The van der Waals surface area contributed by atoms with E-state index in [1.54, 1.807) is 6.92 Å². The first-order chi connectivity index (χ1) is 8.75. The fourth-order valence-corrected chi connectivity index (χ4v) is 4.00. The number of hydrogen-bond donors (Lipinski definition) is 1. The maximum Gasteiger partial charge on any atom is 0.301 e. The second-order valence-electron chi connectivity index (χ2n) is 6.31. The first-order valence-corrected chi connectivity index (χ1v) is 8.38. The van der Waals surface area contributed by atoms with Crippen molar-refractivity contribution < 1.29 is 8.42 Å². The summed E-state index contributed by atoms with van der Waals surface area (Å²) in [5, 5.41) is 0. The molecule has 0 bridgehead atoms. The third-order valence-corrected chi connectivity index (χ3v) is 5.49. The normalized spacial score (nSPS) is 24.0. The first-order valence-electron chi connectivity index (χ1n) is 6.94. The standard InChI is InChI=1S/C14H24N2O2S/c1-5-15-19(17,18)16-9-8-11-10-12(14(2,3)4)6-7-13(11)16/h7,10,12,15H,5-6,8-9H2,1-4H3. The Labute approximate surface area is 116 Å². The average Bonchev–Trinajstić information content (AvgIpc) is 2.70. The summed E-state index contributed by atoms with van der Waals surface area (Å²) in [4.78, 5) is 0. The summed E-state index contributed by atoms with van der Waals surface area (Å²) in [5.74, 6) is 0.494. The van der Waals surface area contributed by atoms with Gasteiger partial charge in [0.2, 0.25) is 0 Å². The quantitative estimate of drug-likeness (QED) is 0.865. The minimum atomic E-state index is -3.36. The summed E-state index contributed by atoms with van der Waals surface area (Å²) < 4.78 is 28.3. The second-order valence-corrected chi connectivity index (χ2v) is 7.99. The van der Waals surface area contributed by atoms with Crippen LogP contribution < -0.4 is 4.72 Å². The predicted octanol–water partition coefficient (Wildman–Crippen LogP) is 2.42. The van der Waals surface area contributed by atoms with Gasteiger partial charge in [-0.2, -0.15) is 13.1 Å². The molecule has 2 aliphatic rings. The van der Waals surface area contributed by atoms with Crippen LogP contribution in [0.1, 0.15) is 40.5 Å². The minimum Gasteiger partial charge on any atom is -0.258 e. The molecule has 0 saturated carbocycles. The predicted molar refractivity (Wildman–Crippen MR) is 77.6 cm³/mol. The Morgan fingerprint density at radius 3 is 2.68 bits per heavy atom. The van der Waals surface area contributed by atoms with Gasteiger partial charge in [0.15, 0.2) is 0 Å². The van der Waals surface area contributed by atoms with Crippen molar-refractivity contribution in [3.8, 4) is 0 Å². The lowest BCUT2D eigenvalue weighted by Gasteiger charge is -2.31. The molecule has 1 unspecified atom stereocenters. The smallest absolute Gasteiger partial charge is 0.258 e. The minimum absolute atomic E-state index is 0.225. The highest BCUT2D eigenvalue weighted by molar-refractivity contribution is 7.87. The van der Waals surface area contributed by atoms with E-state index in [4.69, 9.17) is 0 Å². The Hall–Kier alpha value is -0.810. The number of hydrogen-bond acceptors (Lipinski definition) is 2. The van der Waals surface area contributed by atoms with Gasteiger partial charge in [0.1, 0.15) is 0 Å². The Morgan fingerprint density at radius 1 is 1.42 bits per heavy atom. The van der Waals surface area contributed by atoms with Crippen LogP contribution in [-0.2, 0) is 10.2 Å². The van der Waals surface area contributed by atoms with Crippen molar-refractivity contribution in [3.05, 3.63) is 23.4 Å². The molecule has 0 aromatic rings. The molecule has 1 atom stereocenters. The molecule has 1 fully saturated rings. The van der Waals surface area contributed by atoms with Gasteiger partial charge in [-0.1, -0.05) is 39.8 Å². The number of fused-ring (bicyclic) bond motifs is 1. The third-order valence-electron chi connectivity index (χ3n) is 3.88. The molecule has 1 aliphatic carbocycles. The number of allylic oxidation sites excluding steroid dienone is 3. The topological polar surface area (TPSA) is 49.4 Å². The maximum absolute atomic E-state index is 12.1. The lowest BCUT2D eigenvalue weighted by Crippen LogP contribution is -2.38. The van der Waals surface area contributed by atoms with Crippen LogP contribution in [0.3, 0.4) is 0 Å². The Balaban J connectivity index is 2.23. The van der Waals surface area contributed by atoms with Crippen LogP contribution in [0.25, 0.3) is 0 Å². The molecule has 1 heterocycles. The molecule has 0 spiro atoms.